The topological polar surface area (TPSA) is 29.1 Å². The Morgan fingerprint density at radius 3 is 2.89 bits per heavy atom. The Bertz CT molecular complexity index is 428. The van der Waals surface area contributed by atoms with Crippen LogP contribution in [-0.2, 0) is 11.2 Å². The molecule has 1 aromatic carbocycles. The van der Waals surface area contributed by atoms with Crippen LogP contribution in [-0.4, -0.2) is 18.9 Å². The number of Topliss-reactive ketones (excluding diaryl/α,β-unsaturated/α-hetero) is 1. The molecular formula is C14H17Cl2NO. The monoisotopic (exact) mass is 285 g/mol. The fourth-order valence-corrected chi connectivity index (χ4v) is 2.77. The summed E-state index contributed by atoms with van der Waals surface area (Å²) in [5, 5.41) is 4.50. The van der Waals surface area contributed by atoms with E-state index in [1.807, 2.05) is 6.07 Å². The summed E-state index contributed by atoms with van der Waals surface area (Å²) >= 11 is 11.9. The van der Waals surface area contributed by atoms with Gasteiger partial charge in [-0.3, -0.25) is 4.79 Å². The van der Waals surface area contributed by atoms with E-state index in [9.17, 15) is 4.79 Å². The van der Waals surface area contributed by atoms with E-state index >= 15 is 0 Å². The van der Waals surface area contributed by atoms with Crippen molar-refractivity contribution in [3.05, 3.63) is 33.8 Å². The van der Waals surface area contributed by atoms with Crippen LogP contribution in [0.15, 0.2) is 18.2 Å². The predicted octanol–water partition coefficient (Wildman–Crippen LogP) is 3.49. The molecule has 1 aliphatic heterocycles. The van der Waals surface area contributed by atoms with Crippen LogP contribution in [0.4, 0.5) is 0 Å². The van der Waals surface area contributed by atoms with E-state index < -0.39 is 0 Å². The molecule has 0 saturated carbocycles. The third kappa shape index (κ3) is 3.98. The van der Waals surface area contributed by atoms with Crippen LogP contribution in [0.1, 0.15) is 24.8 Å². The van der Waals surface area contributed by atoms with Gasteiger partial charge >= 0.3 is 0 Å². The molecule has 1 aromatic rings. The van der Waals surface area contributed by atoms with Gasteiger partial charge in [-0.1, -0.05) is 29.3 Å². The summed E-state index contributed by atoms with van der Waals surface area (Å²) in [5.41, 5.74) is 0.871. The summed E-state index contributed by atoms with van der Waals surface area (Å²) < 4.78 is 0. The predicted molar refractivity (Wildman–Crippen MR) is 75.4 cm³/mol. The lowest BCUT2D eigenvalue weighted by molar-refractivity contribution is -0.118. The molecule has 4 heteroatoms. The van der Waals surface area contributed by atoms with E-state index in [0.29, 0.717) is 28.8 Å². The van der Waals surface area contributed by atoms with Crippen LogP contribution in [0.2, 0.25) is 10.0 Å². The standard InChI is InChI=1S/C14H17Cl2NO/c15-12-3-2-11(14(16)8-12)7-13(18)4-1-10-5-6-17-9-10/h2-3,8,10,17H,1,4-7,9H2. The second-order valence-corrected chi connectivity index (χ2v) is 5.69. The van der Waals surface area contributed by atoms with E-state index in [1.54, 1.807) is 12.1 Å². The van der Waals surface area contributed by atoms with Crippen molar-refractivity contribution < 1.29 is 4.79 Å². The van der Waals surface area contributed by atoms with Crippen molar-refractivity contribution in [2.45, 2.75) is 25.7 Å². The maximum absolute atomic E-state index is 11.9. The van der Waals surface area contributed by atoms with E-state index in [2.05, 4.69) is 5.32 Å². The smallest absolute Gasteiger partial charge is 0.137 e. The number of benzene rings is 1. The quantitative estimate of drug-likeness (QED) is 0.897. The summed E-state index contributed by atoms with van der Waals surface area (Å²) in [7, 11) is 0. The lowest BCUT2D eigenvalue weighted by atomic mass is 9.98. The van der Waals surface area contributed by atoms with Crippen LogP contribution in [0.3, 0.4) is 0 Å². The first-order valence-corrected chi connectivity index (χ1v) is 7.07. The molecule has 1 unspecified atom stereocenters. The molecule has 1 aliphatic rings. The molecule has 1 fully saturated rings. The molecule has 0 spiro atoms. The first-order valence-electron chi connectivity index (χ1n) is 6.31. The lowest BCUT2D eigenvalue weighted by Gasteiger charge is -2.08. The number of hydrogen-bond donors (Lipinski definition) is 1. The van der Waals surface area contributed by atoms with Crippen LogP contribution in [0.5, 0.6) is 0 Å². The van der Waals surface area contributed by atoms with Crippen LogP contribution < -0.4 is 5.32 Å². The molecule has 1 saturated heterocycles. The molecule has 2 rings (SSSR count). The molecule has 1 N–H and O–H groups in total. The van der Waals surface area contributed by atoms with Crippen molar-refractivity contribution in [3.63, 3.8) is 0 Å². The highest BCUT2D eigenvalue weighted by Gasteiger charge is 2.16. The van der Waals surface area contributed by atoms with Crippen LogP contribution in [0.25, 0.3) is 0 Å². The van der Waals surface area contributed by atoms with E-state index in [-0.39, 0.29) is 5.78 Å². The molecule has 0 aromatic heterocycles. The highest BCUT2D eigenvalue weighted by atomic mass is 35.5. The van der Waals surface area contributed by atoms with Gasteiger partial charge in [0, 0.05) is 22.9 Å². The molecule has 0 bridgehead atoms. The zero-order chi connectivity index (χ0) is 13.0. The van der Waals surface area contributed by atoms with E-state index in [0.717, 1.165) is 25.1 Å². The molecule has 0 radical (unpaired) electrons. The van der Waals surface area contributed by atoms with Gasteiger partial charge in [-0.25, -0.2) is 0 Å². The molecule has 0 amide bonds. The second kappa shape index (κ2) is 6.55. The number of nitrogens with one attached hydrogen (secondary N) is 1. The molecule has 2 nitrogen and oxygen atoms in total. The van der Waals surface area contributed by atoms with Gasteiger partial charge in [0.05, 0.1) is 0 Å². The van der Waals surface area contributed by atoms with Gasteiger partial charge < -0.3 is 5.32 Å². The minimum atomic E-state index is 0.256. The van der Waals surface area contributed by atoms with Crippen molar-refractivity contribution in [2.24, 2.45) is 5.92 Å². The van der Waals surface area contributed by atoms with E-state index in [4.69, 9.17) is 23.2 Å². The summed E-state index contributed by atoms with van der Waals surface area (Å²) in [6, 6.07) is 5.29. The van der Waals surface area contributed by atoms with Gasteiger partial charge in [0.25, 0.3) is 0 Å². The normalized spacial score (nSPS) is 19.1. The summed E-state index contributed by atoms with van der Waals surface area (Å²) in [6.45, 7) is 2.14. The first-order chi connectivity index (χ1) is 8.65. The van der Waals surface area contributed by atoms with Crippen LogP contribution >= 0.6 is 23.2 Å². The minimum absolute atomic E-state index is 0.256. The Morgan fingerprint density at radius 2 is 2.22 bits per heavy atom. The van der Waals surface area contributed by atoms with Gasteiger partial charge in [0.15, 0.2) is 0 Å². The fraction of sp³-hybridized carbons (Fsp3) is 0.500. The van der Waals surface area contributed by atoms with Crippen molar-refractivity contribution in [3.8, 4) is 0 Å². The van der Waals surface area contributed by atoms with Crippen molar-refractivity contribution in [1.29, 1.82) is 0 Å². The third-order valence-corrected chi connectivity index (χ3v) is 3.98. The summed E-state index contributed by atoms with van der Waals surface area (Å²) in [4.78, 5) is 11.9. The Hall–Kier alpha value is -0.570. The van der Waals surface area contributed by atoms with Gasteiger partial charge in [0.1, 0.15) is 5.78 Å². The Morgan fingerprint density at radius 1 is 1.39 bits per heavy atom. The number of ketones is 1. The van der Waals surface area contributed by atoms with Gasteiger partial charge in [-0.05, 0) is 49.5 Å². The zero-order valence-corrected chi connectivity index (χ0v) is 11.7. The summed E-state index contributed by atoms with van der Waals surface area (Å²) in [5.74, 6) is 0.917. The number of carbonyl (C=O) groups is 1. The van der Waals surface area contributed by atoms with E-state index in [1.165, 1.54) is 6.42 Å². The average molecular weight is 286 g/mol. The SMILES string of the molecule is O=C(CCC1CCNC1)Cc1ccc(Cl)cc1Cl. The molecule has 18 heavy (non-hydrogen) atoms. The number of hydrogen-bond acceptors (Lipinski definition) is 2. The molecule has 98 valence electrons. The molecule has 1 atom stereocenters. The maximum atomic E-state index is 11.9. The Balaban J connectivity index is 1.82. The number of carbonyl (C=O) groups excluding carboxylic acids is 1. The highest BCUT2D eigenvalue weighted by molar-refractivity contribution is 6.35. The fourth-order valence-electron chi connectivity index (χ4n) is 2.29. The van der Waals surface area contributed by atoms with Crippen molar-refractivity contribution in [1.82, 2.24) is 5.32 Å². The largest absolute Gasteiger partial charge is 0.316 e. The average Bonchev–Trinajstić information content (AvgIpc) is 2.83. The molecular weight excluding hydrogens is 269 g/mol. The Labute approximate surface area is 118 Å². The third-order valence-electron chi connectivity index (χ3n) is 3.40. The van der Waals surface area contributed by atoms with Crippen molar-refractivity contribution >= 4 is 29.0 Å². The van der Waals surface area contributed by atoms with Crippen LogP contribution in [0, 0.1) is 5.92 Å². The first kappa shape index (κ1) is 13.9. The van der Waals surface area contributed by atoms with Crippen molar-refractivity contribution in [2.75, 3.05) is 13.1 Å². The number of rotatable bonds is 5. The summed E-state index contributed by atoms with van der Waals surface area (Å²) in [6.07, 6.45) is 3.23. The van der Waals surface area contributed by atoms with Gasteiger partial charge in [-0.2, -0.15) is 0 Å². The molecule has 0 aliphatic carbocycles. The Kier molecular flexibility index (Phi) is 5.04. The lowest BCUT2D eigenvalue weighted by Crippen LogP contribution is -2.11. The number of halogens is 2. The maximum Gasteiger partial charge on any atom is 0.137 e. The molecule has 1 heterocycles. The highest BCUT2D eigenvalue weighted by Crippen LogP contribution is 2.22. The van der Waals surface area contributed by atoms with Gasteiger partial charge in [0.2, 0.25) is 0 Å². The zero-order valence-electron chi connectivity index (χ0n) is 10.2. The second-order valence-electron chi connectivity index (χ2n) is 4.85. The minimum Gasteiger partial charge on any atom is -0.316 e. The van der Waals surface area contributed by atoms with Gasteiger partial charge in [-0.15, -0.1) is 0 Å².